The molecule has 1 aromatic rings. The maximum Gasteiger partial charge on any atom is 0.119 e. The topological polar surface area (TPSA) is 33.7 Å². The molecule has 1 aliphatic rings. The lowest BCUT2D eigenvalue weighted by Crippen LogP contribution is -2.27. The van der Waals surface area contributed by atoms with Crippen molar-refractivity contribution in [3.05, 3.63) is 24.3 Å². The molecule has 0 saturated carbocycles. The normalized spacial score (nSPS) is 16.2. The van der Waals surface area contributed by atoms with Gasteiger partial charge in [0.25, 0.3) is 0 Å². The average molecular weight is 278 g/mol. The number of nitrogens with zero attached hydrogens (tertiary/aromatic N) is 1. The molecule has 0 aromatic heterocycles. The Labute approximate surface area is 122 Å². The van der Waals surface area contributed by atoms with E-state index in [0.29, 0.717) is 13.2 Å². The van der Waals surface area contributed by atoms with E-state index in [-0.39, 0.29) is 6.10 Å². The molecule has 0 atom stereocenters. The third-order valence-electron chi connectivity index (χ3n) is 3.35. The van der Waals surface area contributed by atoms with E-state index in [1.807, 2.05) is 26.0 Å². The summed E-state index contributed by atoms with van der Waals surface area (Å²) in [5, 5.41) is 3.42. The zero-order chi connectivity index (χ0) is 14.2. The van der Waals surface area contributed by atoms with Crippen molar-refractivity contribution < 1.29 is 9.47 Å². The summed E-state index contributed by atoms with van der Waals surface area (Å²) in [6.45, 7) is 9.67. The minimum atomic E-state index is 0.262. The van der Waals surface area contributed by atoms with Gasteiger partial charge in [-0.3, -0.25) is 0 Å². The van der Waals surface area contributed by atoms with Crippen LogP contribution in [0.2, 0.25) is 0 Å². The Bertz CT molecular complexity index is 371. The van der Waals surface area contributed by atoms with Gasteiger partial charge in [-0.2, -0.15) is 0 Å². The van der Waals surface area contributed by atoms with Gasteiger partial charge in [0, 0.05) is 25.3 Å². The lowest BCUT2D eigenvalue weighted by atomic mass is 10.2. The Hall–Kier alpha value is -1.26. The minimum Gasteiger partial charge on any atom is -0.491 e. The molecule has 0 aliphatic carbocycles. The van der Waals surface area contributed by atoms with Crippen LogP contribution in [0.5, 0.6) is 5.75 Å². The Morgan fingerprint density at radius 2 is 1.90 bits per heavy atom. The Morgan fingerprint density at radius 1 is 1.10 bits per heavy atom. The number of rotatable bonds is 6. The van der Waals surface area contributed by atoms with Gasteiger partial charge in [0.1, 0.15) is 12.4 Å². The molecular formula is C16H26N2O2. The van der Waals surface area contributed by atoms with Crippen molar-refractivity contribution in [2.24, 2.45) is 0 Å². The van der Waals surface area contributed by atoms with E-state index in [1.165, 1.54) is 12.1 Å². The van der Waals surface area contributed by atoms with Crippen LogP contribution < -0.4 is 15.0 Å². The van der Waals surface area contributed by atoms with E-state index in [1.54, 1.807) is 0 Å². The molecule has 4 nitrogen and oxygen atoms in total. The molecule has 1 saturated heterocycles. The molecule has 0 amide bonds. The van der Waals surface area contributed by atoms with Crippen LogP contribution in [0.1, 0.15) is 20.3 Å². The molecule has 0 unspecified atom stereocenters. The smallest absolute Gasteiger partial charge is 0.119 e. The Morgan fingerprint density at radius 3 is 2.65 bits per heavy atom. The summed E-state index contributed by atoms with van der Waals surface area (Å²) in [5.41, 5.74) is 1.28. The average Bonchev–Trinajstić information content (AvgIpc) is 2.73. The highest BCUT2D eigenvalue weighted by Gasteiger charge is 2.09. The number of benzene rings is 1. The molecule has 1 aliphatic heterocycles. The summed E-state index contributed by atoms with van der Waals surface area (Å²) < 4.78 is 11.1. The molecule has 0 bridgehead atoms. The van der Waals surface area contributed by atoms with Gasteiger partial charge >= 0.3 is 0 Å². The van der Waals surface area contributed by atoms with Gasteiger partial charge in [0.05, 0.1) is 12.7 Å². The lowest BCUT2D eigenvalue weighted by molar-refractivity contribution is 0.0553. The predicted molar refractivity (Wildman–Crippen MR) is 82.7 cm³/mol. The van der Waals surface area contributed by atoms with Crippen molar-refractivity contribution in [2.75, 3.05) is 44.3 Å². The van der Waals surface area contributed by atoms with Crippen molar-refractivity contribution in [1.82, 2.24) is 5.32 Å². The molecule has 0 spiro atoms. The summed E-state index contributed by atoms with van der Waals surface area (Å²) >= 11 is 0. The first kappa shape index (κ1) is 15.1. The van der Waals surface area contributed by atoms with Gasteiger partial charge in [-0.25, -0.2) is 0 Å². The van der Waals surface area contributed by atoms with Crippen LogP contribution in [0, 0.1) is 0 Å². The molecule has 20 heavy (non-hydrogen) atoms. The third kappa shape index (κ3) is 5.02. The van der Waals surface area contributed by atoms with Crippen LogP contribution in [0.25, 0.3) is 0 Å². The number of anilines is 1. The van der Waals surface area contributed by atoms with Crippen LogP contribution in [0.3, 0.4) is 0 Å². The van der Waals surface area contributed by atoms with Gasteiger partial charge in [0.2, 0.25) is 0 Å². The van der Waals surface area contributed by atoms with Crippen LogP contribution in [0.4, 0.5) is 5.69 Å². The first-order chi connectivity index (χ1) is 9.75. The van der Waals surface area contributed by atoms with Crippen LogP contribution >= 0.6 is 0 Å². The van der Waals surface area contributed by atoms with Gasteiger partial charge in [-0.05, 0) is 51.1 Å². The van der Waals surface area contributed by atoms with Crippen molar-refractivity contribution in [3.8, 4) is 5.75 Å². The second-order valence-electron chi connectivity index (χ2n) is 5.35. The summed E-state index contributed by atoms with van der Waals surface area (Å²) in [4.78, 5) is 2.42. The number of ether oxygens (including phenoxy) is 2. The van der Waals surface area contributed by atoms with Gasteiger partial charge < -0.3 is 19.7 Å². The fourth-order valence-corrected chi connectivity index (χ4v) is 2.30. The van der Waals surface area contributed by atoms with Crippen molar-refractivity contribution in [1.29, 1.82) is 0 Å². The van der Waals surface area contributed by atoms with Crippen molar-refractivity contribution >= 4 is 5.69 Å². The first-order valence-electron chi connectivity index (χ1n) is 7.56. The van der Waals surface area contributed by atoms with E-state index < -0.39 is 0 Å². The van der Waals surface area contributed by atoms with Crippen LogP contribution in [0.15, 0.2) is 24.3 Å². The first-order valence-corrected chi connectivity index (χ1v) is 7.56. The lowest BCUT2D eigenvalue weighted by Gasteiger charge is -2.22. The Kier molecular flexibility index (Phi) is 6.15. The molecular weight excluding hydrogens is 252 g/mol. The molecule has 0 radical (unpaired) electrons. The van der Waals surface area contributed by atoms with Crippen LogP contribution in [-0.2, 0) is 4.74 Å². The van der Waals surface area contributed by atoms with E-state index in [2.05, 4.69) is 22.3 Å². The maximum atomic E-state index is 5.67. The number of nitrogens with one attached hydrogen (secondary N) is 1. The number of hydrogen-bond donors (Lipinski definition) is 1. The predicted octanol–water partition coefficient (Wildman–Crippen LogP) is 2.29. The van der Waals surface area contributed by atoms with E-state index >= 15 is 0 Å². The van der Waals surface area contributed by atoms with Gasteiger partial charge in [-0.1, -0.05) is 0 Å². The largest absolute Gasteiger partial charge is 0.491 e. The maximum absolute atomic E-state index is 5.67. The summed E-state index contributed by atoms with van der Waals surface area (Å²) in [6, 6.07) is 8.37. The molecule has 2 rings (SSSR count). The quantitative estimate of drug-likeness (QED) is 0.810. The minimum absolute atomic E-state index is 0.262. The highest BCUT2D eigenvalue weighted by Crippen LogP contribution is 2.20. The van der Waals surface area contributed by atoms with Gasteiger partial charge in [-0.15, -0.1) is 0 Å². The highest BCUT2D eigenvalue weighted by atomic mass is 16.5. The molecule has 1 fully saturated rings. The zero-order valence-corrected chi connectivity index (χ0v) is 12.6. The van der Waals surface area contributed by atoms with Gasteiger partial charge in [0.15, 0.2) is 0 Å². The summed E-state index contributed by atoms with van der Waals surface area (Å²) in [6.07, 6.45) is 1.46. The zero-order valence-electron chi connectivity index (χ0n) is 12.6. The summed E-state index contributed by atoms with van der Waals surface area (Å²) in [5.74, 6) is 0.911. The molecule has 1 aromatic carbocycles. The second-order valence-corrected chi connectivity index (χ2v) is 5.35. The molecule has 112 valence electrons. The van der Waals surface area contributed by atoms with Crippen molar-refractivity contribution in [2.45, 2.75) is 26.4 Å². The monoisotopic (exact) mass is 278 g/mol. The fraction of sp³-hybridized carbons (Fsp3) is 0.625. The Balaban J connectivity index is 1.79. The summed E-state index contributed by atoms with van der Waals surface area (Å²) in [7, 11) is 0. The molecule has 4 heteroatoms. The standard InChI is InChI=1S/C16H26N2O2/c1-14(2)19-12-13-20-16-6-4-15(5-7-16)18-10-3-8-17-9-11-18/h4-7,14,17H,3,8-13H2,1-2H3. The second kappa shape index (κ2) is 8.12. The molecule has 1 heterocycles. The fourth-order valence-electron chi connectivity index (χ4n) is 2.30. The van der Waals surface area contributed by atoms with E-state index in [0.717, 1.165) is 31.9 Å². The number of hydrogen-bond acceptors (Lipinski definition) is 4. The molecule has 1 N–H and O–H groups in total. The van der Waals surface area contributed by atoms with Crippen LogP contribution in [-0.4, -0.2) is 45.5 Å². The highest BCUT2D eigenvalue weighted by molar-refractivity contribution is 5.49. The van der Waals surface area contributed by atoms with E-state index in [4.69, 9.17) is 9.47 Å². The van der Waals surface area contributed by atoms with E-state index in [9.17, 15) is 0 Å². The third-order valence-corrected chi connectivity index (χ3v) is 3.35. The van der Waals surface area contributed by atoms with Crippen molar-refractivity contribution in [3.63, 3.8) is 0 Å². The SMILES string of the molecule is CC(C)OCCOc1ccc(N2CCCNCC2)cc1.